The number of hydrogen-bond acceptors (Lipinski definition) is 2. The van der Waals surface area contributed by atoms with Gasteiger partial charge in [-0.05, 0) is 51.0 Å². The summed E-state index contributed by atoms with van der Waals surface area (Å²) in [7, 11) is 1.81. The molecule has 1 aliphatic rings. The van der Waals surface area contributed by atoms with E-state index in [1.54, 1.807) is 0 Å². The van der Waals surface area contributed by atoms with Crippen LogP contribution in [0.4, 0.5) is 0 Å². The van der Waals surface area contributed by atoms with Crippen LogP contribution in [-0.2, 0) is 4.74 Å². The van der Waals surface area contributed by atoms with Crippen molar-refractivity contribution in [3.05, 3.63) is 0 Å². The zero-order valence-electron chi connectivity index (χ0n) is 10.8. The van der Waals surface area contributed by atoms with Crippen LogP contribution in [0.15, 0.2) is 0 Å². The minimum absolute atomic E-state index is 0.398. The Morgan fingerprint density at radius 3 is 2.33 bits per heavy atom. The average Bonchev–Trinajstić information content (AvgIpc) is 2.96. The number of rotatable bonds is 8. The van der Waals surface area contributed by atoms with Crippen molar-refractivity contribution in [1.29, 1.82) is 0 Å². The Bertz CT molecular complexity index is 166. The molecule has 1 aliphatic carbocycles. The Balaban J connectivity index is 2.22. The molecule has 2 heteroatoms. The highest BCUT2D eigenvalue weighted by Gasteiger charge is 2.22. The fraction of sp³-hybridized carbons (Fsp3) is 1.00. The summed E-state index contributed by atoms with van der Waals surface area (Å²) in [4.78, 5) is 0. The van der Waals surface area contributed by atoms with Crippen LogP contribution < -0.4 is 5.32 Å². The van der Waals surface area contributed by atoms with Crippen molar-refractivity contribution in [3.8, 4) is 0 Å². The molecule has 1 saturated carbocycles. The lowest BCUT2D eigenvalue weighted by molar-refractivity contribution is 0.0909. The van der Waals surface area contributed by atoms with Gasteiger partial charge in [-0.15, -0.1) is 0 Å². The van der Waals surface area contributed by atoms with Crippen molar-refractivity contribution in [1.82, 2.24) is 5.32 Å². The van der Waals surface area contributed by atoms with Gasteiger partial charge in [0, 0.05) is 13.2 Å². The van der Waals surface area contributed by atoms with Crippen molar-refractivity contribution >= 4 is 0 Å². The first kappa shape index (κ1) is 13.0. The quantitative estimate of drug-likeness (QED) is 0.669. The van der Waals surface area contributed by atoms with Gasteiger partial charge >= 0.3 is 0 Å². The van der Waals surface area contributed by atoms with Crippen molar-refractivity contribution in [2.75, 3.05) is 13.7 Å². The summed E-state index contributed by atoms with van der Waals surface area (Å²) in [6.07, 6.45) is 5.67. The van der Waals surface area contributed by atoms with E-state index < -0.39 is 0 Å². The zero-order valence-corrected chi connectivity index (χ0v) is 10.8. The molecule has 2 atom stereocenters. The van der Waals surface area contributed by atoms with Gasteiger partial charge in [-0.25, -0.2) is 0 Å². The number of nitrogens with one attached hydrogen (secondary N) is 1. The predicted octanol–water partition coefficient (Wildman–Crippen LogP) is 2.83. The molecule has 15 heavy (non-hydrogen) atoms. The zero-order chi connectivity index (χ0) is 11.3. The maximum atomic E-state index is 5.36. The van der Waals surface area contributed by atoms with Gasteiger partial charge in [-0.3, -0.25) is 0 Å². The Labute approximate surface area is 94.8 Å². The number of methoxy groups -OCH3 is 1. The molecule has 0 spiro atoms. The van der Waals surface area contributed by atoms with E-state index in [2.05, 4.69) is 26.1 Å². The van der Waals surface area contributed by atoms with Crippen LogP contribution >= 0.6 is 0 Å². The van der Waals surface area contributed by atoms with E-state index in [-0.39, 0.29) is 0 Å². The molecular weight excluding hydrogens is 186 g/mol. The first-order valence-corrected chi connectivity index (χ1v) is 6.38. The Kier molecular flexibility index (Phi) is 5.62. The largest absolute Gasteiger partial charge is 0.382 e. The molecule has 90 valence electrons. The molecule has 2 nitrogen and oxygen atoms in total. The van der Waals surface area contributed by atoms with E-state index in [1.165, 1.54) is 32.2 Å². The lowest BCUT2D eigenvalue weighted by Crippen LogP contribution is -2.28. The Hall–Kier alpha value is -0.0800. The summed E-state index contributed by atoms with van der Waals surface area (Å²) in [5, 5.41) is 3.64. The first-order chi connectivity index (χ1) is 7.11. The highest BCUT2D eigenvalue weighted by Crippen LogP contribution is 2.22. The SMILES string of the molecule is COC(C)CC(CNC1CC1)CC(C)C. The molecule has 0 aromatic heterocycles. The highest BCUT2D eigenvalue weighted by atomic mass is 16.5. The molecular formula is C13H27NO. The summed E-state index contributed by atoms with van der Waals surface area (Å²) >= 11 is 0. The molecule has 0 aromatic rings. The molecule has 0 saturated heterocycles. The standard InChI is InChI=1S/C13H27NO/c1-10(2)7-12(8-11(3)15-4)9-14-13-5-6-13/h10-14H,5-9H2,1-4H3. The van der Waals surface area contributed by atoms with E-state index in [4.69, 9.17) is 4.74 Å². The Morgan fingerprint density at radius 1 is 1.20 bits per heavy atom. The van der Waals surface area contributed by atoms with Crippen molar-refractivity contribution in [2.45, 2.75) is 58.6 Å². The second kappa shape index (κ2) is 6.49. The summed E-state index contributed by atoms with van der Waals surface area (Å²) in [6, 6.07) is 0.831. The molecule has 2 unspecified atom stereocenters. The van der Waals surface area contributed by atoms with Gasteiger partial charge < -0.3 is 10.1 Å². The van der Waals surface area contributed by atoms with Crippen LogP contribution in [0.2, 0.25) is 0 Å². The third-order valence-corrected chi connectivity index (χ3v) is 3.14. The first-order valence-electron chi connectivity index (χ1n) is 6.38. The van der Waals surface area contributed by atoms with Gasteiger partial charge in [-0.1, -0.05) is 13.8 Å². The van der Waals surface area contributed by atoms with E-state index in [0.717, 1.165) is 17.9 Å². The number of hydrogen-bond donors (Lipinski definition) is 1. The lowest BCUT2D eigenvalue weighted by atomic mass is 9.92. The fourth-order valence-corrected chi connectivity index (χ4v) is 2.12. The van der Waals surface area contributed by atoms with Crippen molar-refractivity contribution in [3.63, 3.8) is 0 Å². The normalized spacial score (nSPS) is 20.6. The molecule has 0 bridgehead atoms. The minimum atomic E-state index is 0.398. The predicted molar refractivity (Wildman–Crippen MR) is 65.1 cm³/mol. The molecule has 0 aliphatic heterocycles. The van der Waals surface area contributed by atoms with Gasteiger partial charge in [-0.2, -0.15) is 0 Å². The highest BCUT2D eigenvalue weighted by molar-refractivity contribution is 4.82. The average molecular weight is 213 g/mol. The van der Waals surface area contributed by atoms with Crippen LogP contribution in [0.5, 0.6) is 0 Å². The molecule has 1 fully saturated rings. The van der Waals surface area contributed by atoms with Crippen LogP contribution in [0.1, 0.15) is 46.5 Å². The molecule has 1 N–H and O–H groups in total. The van der Waals surface area contributed by atoms with E-state index in [1.807, 2.05) is 7.11 Å². The van der Waals surface area contributed by atoms with Gasteiger partial charge in [0.25, 0.3) is 0 Å². The molecule has 0 amide bonds. The molecule has 0 radical (unpaired) electrons. The number of ether oxygens (including phenoxy) is 1. The monoisotopic (exact) mass is 213 g/mol. The van der Waals surface area contributed by atoms with Gasteiger partial charge in [0.15, 0.2) is 0 Å². The smallest absolute Gasteiger partial charge is 0.0546 e. The van der Waals surface area contributed by atoms with Crippen LogP contribution in [-0.4, -0.2) is 25.8 Å². The van der Waals surface area contributed by atoms with E-state index >= 15 is 0 Å². The fourth-order valence-electron chi connectivity index (χ4n) is 2.12. The third kappa shape index (κ3) is 6.16. The summed E-state index contributed by atoms with van der Waals surface area (Å²) < 4.78 is 5.36. The minimum Gasteiger partial charge on any atom is -0.382 e. The van der Waals surface area contributed by atoms with Crippen molar-refractivity contribution < 1.29 is 4.74 Å². The molecule has 0 aromatic carbocycles. The molecule has 0 heterocycles. The summed E-state index contributed by atoms with van der Waals surface area (Å²) in [5.41, 5.74) is 0. The second-order valence-electron chi connectivity index (χ2n) is 5.46. The Morgan fingerprint density at radius 2 is 1.87 bits per heavy atom. The maximum absolute atomic E-state index is 5.36. The lowest BCUT2D eigenvalue weighted by Gasteiger charge is -2.22. The van der Waals surface area contributed by atoms with Crippen LogP contribution in [0.3, 0.4) is 0 Å². The summed E-state index contributed by atoms with van der Waals surface area (Å²) in [5.74, 6) is 1.57. The van der Waals surface area contributed by atoms with Crippen LogP contribution in [0.25, 0.3) is 0 Å². The van der Waals surface area contributed by atoms with Crippen LogP contribution in [0, 0.1) is 11.8 Å². The molecule has 1 rings (SSSR count). The van der Waals surface area contributed by atoms with Gasteiger partial charge in [0.2, 0.25) is 0 Å². The van der Waals surface area contributed by atoms with Gasteiger partial charge in [0.05, 0.1) is 6.10 Å². The van der Waals surface area contributed by atoms with E-state index in [0.29, 0.717) is 6.10 Å². The van der Waals surface area contributed by atoms with E-state index in [9.17, 15) is 0 Å². The summed E-state index contributed by atoms with van der Waals surface area (Å²) in [6.45, 7) is 7.96. The van der Waals surface area contributed by atoms with Gasteiger partial charge in [0.1, 0.15) is 0 Å². The topological polar surface area (TPSA) is 21.3 Å². The maximum Gasteiger partial charge on any atom is 0.0546 e. The second-order valence-corrected chi connectivity index (χ2v) is 5.46. The third-order valence-electron chi connectivity index (χ3n) is 3.14. The van der Waals surface area contributed by atoms with Crippen molar-refractivity contribution in [2.24, 2.45) is 11.8 Å².